The van der Waals surface area contributed by atoms with E-state index >= 15 is 0 Å². The van der Waals surface area contributed by atoms with E-state index in [1.165, 1.54) is 19.2 Å². The summed E-state index contributed by atoms with van der Waals surface area (Å²) in [6.45, 7) is 1.63. The Morgan fingerprint density at radius 1 is 1.53 bits per heavy atom. The molecule has 1 saturated heterocycles. The second-order valence-corrected chi connectivity index (χ2v) is 4.38. The first-order valence-electron chi connectivity index (χ1n) is 5.95. The van der Waals surface area contributed by atoms with Crippen LogP contribution in [-0.2, 0) is 0 Å². The molecule has 0 aliphatic carbocycles. The third kappa shape index (κ3) is 3.16. The fourth-order valence-corrected chi connectivity index (χ4v) is 2.19. The van der Waals surface area contributed by atoms with Gasteiger partial charge in [-0.15, -0.1) is 12.4 Å². The molecule has 0 radical (unpaired) electrons. The summed E-state index contributed by atoms with van der Waals surface area (Å²) in [4.78, 5) is 13.9. The molecule has 0 bridgehead atoms. The minimum Gasteiger partial charge on any atom is -0.496 e. The molecule has 0 spiro atoms. The van der Waals surface area contributed by atoms with E-state index in [9.17, 15) is 9.18 Å². The van der Waals surface area contributed by atoms with Crippen LogP contribution in [0.4, 0.5) is 4.39 Å². The number of hydrogen-bond donors (Lipinski definition) is 1. The fraction of sp³-hybridized carbons (Fsp3) is 0.462. The Labute approximate surface area is 118 Å². The summed E-state index contributed by atoms with van der Waals surface area (Å²) in [6, 6.07) is 4.51. The van der Waals surface area contributed by atoms with Gasteiger partial charge in [0.1, 0.15) is 17.1 Å². The highest BCUT2D eigenvalue weighted by molar-refractivity contribution is 5.97. The Bertz CT molecular complexity index is 450. The number of nitrogens with zero attached hydrogens (tertiary/aromatic N) is 1. The third-order valence-electron chi connectivity index (χ3n) is 3.31. The van der Waals surface area contributed by atoms with Gasteiger partial charge in [-0.25, -0.2) is 4.39 Å². The zero-order chi connectivity index (χ0) is 13.1. The highest BCUT2D eigenvalue weighted by atomic mass is 35.5. The molecular weight excluding hydrogens is 271 g/mol. The Morgan fingerprint density at radius 3 is 2.84 bits per heavy atom. The number of halogens is 2. The lowest BCUT2D eigenvalue weighted by Gasteiger charge is -2.24. The van der Waals surface area contributed by atoms with Crippen LogP contribution in [0.5, 0.6) is 5.75 Å². The number of likely N-dealkylation sites (N-methyl/N-ethyl adjacent to an activating group) is 1. The zero-order valence-electron chi connectivity index (χ0n) is 11.0. The second kappa shape index (κ2) is 6.73. The van der Waals surface area contributed by atoms with E-state index in [4.69, 9.17) is 4.74 Å². The van der Waals surface area contributed by atoms with Gasteiger partial charge < -0.3 is 15.0 Å². The summed E-state index contributed by atoms with van der Waals surface area (Å²) in [5, 5.41) is 3.18. The maximum Gasteiger partial charge on any atom is 0.260 e. The number of rotatable bonds is 3. The lowest BCUT2D eigenvalue weighted by molar-refractivity contribution is 0.0735. The van der Waals surface area contributed by atoms with Crippen LogP contribution in [0.2, 0.25) is 0 Å². The van der Waals surface area contributed by atoms with Gasteiger partial charge in [-0.1, -0.05) is 6.07 Å². The number of carbonyl (C=O) groups excluding carboxylic acids is 1. The average molecular weight is 289 g/mol. The topological polar surface area (TPSA) is 41.6 Å². The first-order valence-corrected chi connectivity index (χ1v) is 5.95. The molecule has 4 nitrogen and oxygen atoms in total. The summed E-state index contributed by atoms with van der Waals surface area (Å²) in [6.07, 6.45) is 0.888. The molecule has 1 N–H and O–H groups in total. The first-order chi connectivity index (χ1) is 8.65. The summed E-state index contributed by atoms with van der Waals surface area (Å²) in [5.74, 6) is -0.603. The monoisotopic (exact) mass is 288 g/mol. The van der Waals surface area contributed by atoms with Gasteiger partial charge in [0.2, 0.25) is 0 Å². The summed E-state index contributed by atoms with van der Waals surface area (Å²) in [7, 11) is 3.13. The molecule has 1 atom stereocenters. The van der Waals surface area contributed by atoms with Gasteiger partial charge >= 0.3 is 0 Å². The molecule has 1 aromatic rings. The van der Waals surface area contributed by atoms with E-state index < -0.39 is 5.82 Å². The first kappa shape index (κ1) is 15.7. The van der Waals surface area contributed by atoms with Crippen LogP contribution < -0.4 is 10.1 Å². The molecule has 19 heavy (non-hydrogen) atoms. The highest BCUT2D eigenvalue weighted by Crippen LogP contribution is 2.23. The van der Waals surface area contributed by atoms with Gasteiger partial charge in [-0.05, 0) is 25.1 Å². The van der Waals surface area contributed by atoms with Crippen LogP contribution in [0.15, 0.2) is 18.2 Å². The third-order valence-corrected chi connectivity index (χ3v) is 3.31. The van der Waals surface area contributed by atoms with Crippen molar-refractivity contribution in [2.45, 2.75) is 12.5 Å². The normalized spacial score (nSPS) is 17.7. The lowest BCUT2D eigenvalue weighted by Crippen LogP contribution is -2.38. The van der Waals surface area contributed by atoms with Gasteiger partial charge in [-0.2, -0.15) is 0 Å². The predicted octanol–water partition coefficient (Wildman–Crippen LogP) is 1.69. The van der Waals surface area contributed by atoms with E-state index in [1.54, 1.807) is 18.0 Å². The molecule has 1 aliphatic heterocycles. The van der Waals surface area contributed by atoms with Gasteiger partial charge in [0.05, 0.1) is 7.11 Å². The van der Waals surface area contributed by atoms with Crippen molar-refractivity contribution in [2.24, 2.45) is 0 Å². The SMILES string of the molecule is COc1cccc(F)c1C(=O)N(C)C1CCNC1.Cl. The van der Waals surface area contributed by atoms with Gasteiger partial charge in [-0.3, -0.25) is 4.79 Å². The van der Waals surface area contributed by atoms with Crippen LogP contribution in [-0.4, -0.2) is 44.1 Å². The molecule has 0 aromatic heterocycles. The Hall–Kier alpha value is -1.33. The highest BCUT2D eigenvalue weighted by Gasteiger charge is 2.27. The van der Waals surface area contributed by atoms with Crippen molar-refractivity contribution in [3.63, 3.8) is 0 Å². The molecular formula is C13H18ClFN2O2. The number of hydrogen-bond acceptors (Lipinski definition) is 3. The maximum absolute atomic E-state index is 13.8. The van der Waals surface area contributed by atoms with Crippen LogP contribution in [0.1, 0.15) is 16.8 Å². The van der Waals surface area contributed by atoms with Crippen molar-refractivity contribution in [3.05, 3.63) is 29.6 Å². The molecule has 6 heteroatoms. The number of methoxy groups -OCH3 is 1. The molecule has 2 rings (SSSR count). The van der Waals surface area contributed by atoms with E-state index in [0.29, 0.717) is 0 Å². The number of ether oxygens (including phenoxy) is 1. The number of nitrogens with one attached hydrogen (secondary N) is 1. The molecule has 1 fully saturated rings. The fourth-order valence-electron chi connectivity index (χ4n) is 2.19. The summed E-state index contributed by atoms with van der Waals surface area (Å²) < 4.78 is 18.8. The van der Waals surface area contributed by atoms with E-state index in [1.807, 2.05) is 0 Å². The van der Waals surface area contributed by atoms with Crippen LogP contribution >= 0.6 is 12.4 Å². The van der Waals surface area contributed by atoms with Crippen molar-refractivity contribution < 1.29 is 13.9 Å². The van der Waals surface area contributed by atoms with Gasteiger partial charge in [0.15, 0.2) is 0 Å². The van der Waals surface area contributed by atoms with Crippen molar-refractivity contribution in [1.82, 2.24) is 10.2 Å². The molecule has 106 valence electrons. The minimum atomic E-state index is -0.544. The number of benzene rings is 1. The molecule has 1 aromatic carbocycles. The van der Waals surface area contributed by atoms with Crippen LogP contribution in [0, 0.1) is 5.82 Å². The van der Waals surface area contributed by atoms with Crippen molar-refractivity contribution in [3.8, 4) is 5.75 Å². The minimum absolute atomic E-state index is 0. The molecule has 1 aliphatic rings. The standard InChI is InChI=1S/C13H17FN2O2.ClH/c1-16(9-6-7-15-8-9)13(17)12-10(14)4-3-5-11(12)18-2;/h3-5,9,15H,6-8H2,1-2H3;1H. The second-order valence-electron chi connectivity index (χ2n) is 4.38. The van der Waals surface area contributed by atoms with E-state index in [-0.39, 0.29) is 35.7 Å². The van der Waals surface area contributed by atoms with Crippen molar-refractivity contribution >= 4 is 18.3 Å². The van der Waals surface area contributed by atoms with Crippen molar-refractivity contribution in [2.75, 3.05) is 27.2 Å². The van der Waals surface area contributed by atoms with E-state index in [0.717, 1.165) is 19.5 Å². The van der Waals surface area contributed by atoms with Gasteiger partial charge in [0.25, 0.3) is 5.91 Å². The largest absolute Gasteiger partial charge is 0.496 e. The zero-order valence-corrected chi connectivity index (χ0v) is 11.8. The molecule has 1 unspecified atom stereocenters. The Balaban J connectivity index is 0.00000180. The predicted molar refractivity (Wildman–Crippen MR) is 73.6 cm³/mol. The van der Waals surface area contributed by atoms with E-state index in [2.05, 4.69) is 5.32 Å². The van der Waals surface area contributed by atoms with Crippen molar-refractivity contribution in [1.29, 1.82) is 0 Å². The van der Waals surface area contributed by atoms with Gasteiger partial charge in [0, 0.05) is 19.6 Å². The smallest absolute Gasteiger partial charge is 0.260 e. The molecule has 0 saturated carbocycles. The van der Waals surface area contributed by atoms with Crippen LogP contribution in [0.3, 0.4) is 0 Å². The Morgan fingerprint density at radius 2 is 2.26 bits per heavy atom. The maximum atomic E-state index is 13.8. The molecule has 1 heterocycles. The van der Waals surface area contributed by atoms with Crippen LogP contribution in [0.25, 0.3) is 0 Å². The Kier molecular flexibility index (Phi) is 5.57. The summed E-state index contributed by atoms with van der Waals surface area (Å²) in [5.41, 5.74) is 0.00870. The quantitative estimate of drug-likeness (QED) is 0.920. The number of carbonyl (C=O) groups is 1. The lowest BCUT2D eigenvalue weighted by atomic mass is 10.1. The number of amides is 1. The molecule has 1 amide bonds. The average Bonchev–Trinajstić information content (AvgIpc) is 2.90. The summed E-state index contributed by atoms with van der Waals surface area (Å²) >= 11 is 0.